The van der Waals surface area contributed by atoms with Crippen LogP contribution in [0.15, 0.2) is 37.1 Å². The van der Waals surface area contributed by atoms with E-state index in [1.807, 2.05) is 18.5 Å². The number of rotatable bonds is 5. The third-order valence-electron chi connectivity index (χ3n) is 6.74. The molecule has 2 aliphatic heterocycles. The van der Waals surface area contributed by atoms with Crippen LogP contribution in [0.5, 0.6) is 0 Å². The van der Waals surface area contributed by atoms with Crippen molar-refractivity contribution in [2.75, 3.05) is 38.3 Å². The summed E-state index contributed by atoms with van der Waals surface area (Å²) in [6, 6.07) is 5.37. The molecule has 0 saturated carbocycles. The van der Waals surface area contributed by atoms with Crippen LogP contribution in [0.25, 0.3) is 22.3 Å². The first-order valence-electron chi connectivity index (χ1n) is 12.1. The van der Waals surface area contributed by atoms with Crippen LogP contribution in [0.4, 0.5) is 5.69 Å². The summed E-state index contributed by atoms with van der Waals surface area (Å²) in [7, 11) is 0.961. The van der Waals surface area contributed by atoms with E-state index in [9.17, 15) is 0 Å². The van der Waals surface area contributed by atoms with E-state index in [0.29, 0.717) is 5.54 Å². The molecular weight excluding hydrogens is 428 g/mol. The fourth-order valence-electron chi connectivity index (χ4n) is 4.82. The van der Waals surface area contributed by atoms with Crippen LogP contribution < -0.4 is 10.2 Å². The smallest absolute Gasteiger partial charge is 0.140 e. The van der Waals surface area contributed by atoms with Gasteiger partial charge in [-0.05, 0) is 44.0 Å². The molecule has 0 bridgehead atoms. The predicted molar refractivity (Wildman–Crippen MR) is 139 cm³/mol. The standard InChI is InChI=1S/C19H22N6.C6H16OSi/c1-2-7-24-19(5-1)6-10-25(12-19)16-4-9-21-18-17(16)14(11-22-18)15-3-8-20-13-23-15;1-7-5-6-8(2,3)4/h3-4,8-9,11,13,24H,1-2,5-7,10,12H2,(H,21,22);5-6H2,1-4H3. The first-order valence-corrected chi connectivity index (χ1v) is 15.8. The molecule has 2 N–H and O–H groups in total. The lowest BCUT2D eigenvalue weighted by Crippen LogP contribution is -2.50. The highest BCUT2D eigenvalue weighted by molar-refractivity contribution is 6.76. The van der Waals surface area contributed by atoms with Crippen molar-refractivity contribution in [1.29, 1.82) is 0 Å². The van der Waals surface area contributed by atoms with E-state index >= 15 is 0 Å². The van der Waals surface area contributed by atoms with Gasteiger partial charge in [-0.2, -0.15) is 0 Å². The van der Waals surface area contributed by atoms with E-state index in [1.165, 1.54) is 37.4 Å². The summed E-state index contributed by atoms with van der Waals surface area (Å²) in [5, 5.41) is 4.96. The molecule has 3 aromatic heterocycles. The lowest BCUT2D eigenvalue weighted by molar-refractivity contribution is 0.214. The molecule has 2 fully saturated rings. The van der Waals surface area contributed by atoms with Crippen LogP contribution in [-0.2, 0) is 4.74 Å². The Labute approximate surface area is 198 Å². The lowest BCUT2D eigenvalue weighted by atomic mass is 9.88. The molecule has 8 heteroatoms. The van der Waals surface area contributed by atoms with Gasteiger partial charge in [0, 0.05) is 64.6 Å². The summed E-state index contributed by atoms with van der Waals surface area (Å²) in [5.74, 6) is 0. The summed E-state index contributed by atoms with van der Waals surface area (Å²) in [6.07, 6.45) is 12.4. The maximum atomic E-state index is 4.95. The molecule has 5 heterocycles. The van der Waals surface area contributed by atoms with E-state index in [4.69, 9.17) is 4.74 Å². The van der Waals surface area contributed by atoms with Crippen molar-refractivity contribution in [2.45, 2.75) is 56.9 Å². The normalized spacial score (nSPS) is 20.8. The largest absolute Gasteiger partial charge is 0.385 e. The number of ether oxygens (including phenoxy) is 1. The fourth-order valence-corrected chi connectivity index (χ4v) is 5.64. The monoisotopic (exact) mass is 466 g/mol. The molecule has 1 unspecified atom stereocenters. The second-order valence-corrected chi connectivity index (χ2v) is 16.1. The number of aromatic nitrogens is 4. The second-order valence-electron chi connectivity index (χ2n) is 10.5. The molecule has 0 aromatic carbocycles. The number of hydrogen-bond acceptors (Lipinski definition) is 6. The Kier molecular flexibility index (Phi) is 7.46. The van der Waals surface area contributed by atoms with E-state index in [0.717, 1.165) is 48.5 Å². The van der Waals surface area contributed by atoms with Gasteiger partial charge in [0.05, 0.1) is 16.8 Å². The summed E-state index contributed by atoms with van der Waals surface area (Å²) < 4.78 is 4.95. The minimum Gasteiger partial charge on any atom is -0.385 e. The van der Waals surface area contributed by atoms with Gasteiger partial charge in [0.2, 0.25) is 0 Å². The van der Waals surface area contributed by atoms with Crippen molar-refractivity contribution in [3.8, 4) is 11.3 Å². The van der Waals surface area contributed by atoms with Crippen molar-refractivity contribution in [2.24, 2.45) is 0 Å². The average Bonchev–Trinajstić information content (AvgIpc) is 3.43. The number of H-pyrrole nitrogens is 1. The third kappa shape index (κ3) is 5.80. The Morgan fingerprint density at radius 1 is 1.12 bits per heavy atom. The number of fused-ring (bicyclic) bond motifs is 1. The SMILES string of the molecule is COCC[Si](C)(C)C.c1cc(-c2c[nH]c3nccc(N4CCC5(CCCCN5)C4)c23)ncn1. The molecular formula is C25H38N6OSi. The Balaban J connectivity index is 0.000000281. The first-order chi connectivity index (χ1) is 15.9. The number of methoxy groups -OCH3 is 1. The maximum absolute atomic E-state index is 4.95. The quantitative estimate of drug-likeness (QED) is 0.530. The molecule has 1 spiro atoms. The zero-order chi connectivity index (χ0) is 23.3. The van der Waals surface area contributed by atoms with Crippen LogP contribution in [-0.4, -0.2) is 66.9 Å². The zero-order valence-electron chi connectivity index (χ0n) is 20.5. The van der Waals surface area contributed by atoms with Gasteiger partial charge in [-0.1, -0.05) is 26.1 Å². The highest BCUT2D eigenvalue weighted by Crippen LogP contribution is 2.38. The number of nitrogens with one attached hydrogen (secondary N) is 2. The van der Waals surface area contributed by atoms with Crippen LogP contribution in [0.2, 0.25) is 25.7 Å². The second kappa shape index (κ2) is 10.3. The Morgan fingerprint density at radius 3 is 2.67 bits per heavy atom. The summed E-state index contributed by atoms with van der Waals surface area (Å²) in [6.45, 7) is 11.3. The van der Waals surface area contributed by atoms with Crippen LogP contribution in [0, 0.1) is 0 Å². The number of nitrogens with zero attached hydrogens (tertiary/aromatic N) is 4. The fraction of sp³-hybridized carbons (Fsp3) is 0.560. The summed E-state index contributed by atoms with van der Waals surface area (Å²) >= 11 is 0. The molecule has 0 amide bonds. The topological polar surface area (TPSA) is 79.0 Å². The molecule has 0 radical (unpaired) electrons. The molecule has 33 heavy (non-hydrogen) atoms. The van der Waals surface area contributed by atoms with Crippen molar-refractivity contribution in [3.63, 3.8) is 0 Å². The number of piperidine rings is 1. The van der Waals surface area contributed by atoms with Crippen molar-refractivity contribution >= 4 is 24.8 Å². The molecule has 5 rings (SSSR count). The van der Waals surface area contributed by atoms with Gasteiger partial charge in [-0.15, -0.1) is 0 Å². The molecule has 0 aliphatic carbocycles. The van der Waals surface area contributed by atoms with Crippen molar-refractivity contribution in [1.82, 2.24) is 25.3 Å². The van der Waals surface area contributed by atoms with E-state index in [2.05, 4.69) is 55.9 Å². The van der Waals surface area contributed by atoms with Crippen LogP contribution >= 0.6 is 0 Å². The van der Waals surface area contributed by atoms with Crippen LogP contribution in [0.3, 0.4) is 0 Å². The van der Waals surface area contributed by atoms with Crippen molar-refractivity contribution in [3.05, 3.63) is 37.1 Å². The minimum absolute atomic E-state index is 0.291. The Bertz CT molecular complexity index is 1030. The number of pyridine rings is 1. The van der Waals surface area contributed by atoms with Crippen molar-refractivity contribution < 1.29 is 4.74 Å². The molecule has 7 nitrogen and oxygen atoms in total. The lowest BCUT2D eigenvalue weighted by Gasteiger charge is -2.35. The van der Waals surface area contributed by atoms with E-state index in [-0.39, 0.29) is 0 Å². The molecule has 3 aromatic rings. The molecule has 178 valence electrons. The maximum Gasteiger partial charge on any atom is 0.140 e. The zero-order valence-corrected chi connectivity index (χ0v) is 21.5. The minimum atomic E-state index is -0.803. The molecule has 2 saturated heterocycles. The highest BCUT2D eigenvalue weighted by Gasteiger charge is 2.39. The van der Waals surface area contributed by atoms with Gasteiger partial charge in [0.25, 0.3) is 0 Å². The van der Waals surface area contributed by atoms with Gasteiger partial charge < -0.3 is 19.9 Å². The van der Waals surface area contributed by atoms with Gasteiger partial charge in [-0.3, -0.25) is 0 Å². The number of aromatic amines is 1. The summed E-state index contributed by atoms with van der Waals surface area (Å²) in [4.78, 5) is 18.8. The van der Waals surface area contributed by atoms with E-state index < -0.39 is 8.07 Å². The average molecular weight is 467 g/mol. The highest BCUT2D eigenvalue weighted by atomic mass is 28.3. The Morgan fingerprint density at radius 2 is 2.00 bits per heavy atom. The summed E-state index contributed by atoms with van der Waals surface area (Å²) in [5.41, 5.74) is 4.49. The third-order valence-corrected chi connectivity index (χ3v) is 8.45. The molecule has 2 aliphatic rings. The van der Waals surface area contributed by atoms with Gasteiger partial charge >= 0.3 is 0 Å². The van der Waals surface area contributed by atoms with Gasteiger partial charge in [-0.25, -0.2) is 15.0 Å². The van der Waals surface area contributed by atoms with Gasteiger partial charge in [0.1, 0.15) is 12.0 Å². The predicted octanol–water partition coefficient (Wildman–Crippen LogP) is 4.71. The van der Waals surface area contributed by atoms with Gasteiger partial charge in [0.15, 0.2) is 0 Å². The number of hydrogen-bond donors (Lipinski definition) is 2. The Hall–Kier alpha value is -2.29. The first kappa shape index (κ1) is 23.9. The molecule has 1 atom stereocenters. The number of anilines is 1. The van der Waals surface area contributed by atoms with Crippen LogP contribution in [0.1, 0.15) is 25.7 Å². The van der Waals surface area contributed by atoms with E-state index in [1.54, 1.807) is 19.6 Å².